The molecule has 5 nitrogen and oxygen atoms in total. The third-order valence-electron chi connectivity index (χ3n) is 2.24. The fraction of sp³-hybridized carbons (Fsp3) is 0.100. The summed E-state index contributed by atoms with van der Waals surface area (Å²) < 4.78 is 40.9. The molecule has 9 heteroatoms. The molecule has 0 unspecified atom stereocenters. The molecule has 0 amide bonds. The van der Waals surface area contributed by atoms with E-state index in [1.807, 2.05) is 0 Å². The van der Waals surface area contributed by atoms with Gasteiger partial charge >= 0.3 is 13.5 Å². The number of nitrogens with zero attached hydrogens (tertiary/aromatic N) is 2. The van der Waals surface area contributed by atoms with Crippen molar-refractivity contribution in [2.75, 3.05) is 0 Å². The summed E-state index contributed by atoms with van der Waals surface area (Å²) >= 11 is 0. The van der Waals surface area contributed by atoms with Crippen LogP contribution in [-0.2, 0) is 0 Å². The molecule has 0 aliphatic rings. The minimum absolute atomic E-state index is 0.176. The van der Waals surface area contributed by atoms with E-state index >= 15 is 0 Å². The lowest BCUT2D eigenvalue weighted by Gasteiger charge is -2.09. The molecule has 0 bridgehead atoms. The summed E-state index contributed by atoms with van der Waals surface area (Å²) in [5.41, 5.74) is 0.636. The van der Waals surface area contributed by atoms with E-state index in [2.05, 4.69) is 9.84 Å². The molecule has 0 spiro atoms. The quantitative estimate of drug-likeness (QED) is 0.796. The van der Waals surface area contributed by atoms with E-state index in [0.29, 0.717) is 5.69 Å². The molecule has 0 aliphatic carbocycles. The van der Waals surface area contributed by atoms with Crippen LogP contribution < -0.4 is 10.2 Å². The van der Waals surface area contributed by atoms with E-state index in [1.54, 1.807) is 0 Å². The van der Waals surface area contributed by atoms with Gasteiger partial charge in [0.15, 0.2) is 0 Å². The van der Waals surface area contributed by atoms with Crippen LogP contribution in [0.5, 0.6) is 5.75 Å². The van der Waals surface area contributed by atoms with Crippen LogP contribution in [0.4, 0.5) is 13.2 Å². The molecule has 1 aromatic carbocycles. The van der Waals surface area contributed by atoms with Crippen molar-refractivity contribution in [3.63, 3.8) is 0 Å². The predicted molar refractivity (Wildman–Crippen MR) is 60.1 cm³/mol. The van der Waals surface area contributed by atoms with Crippen molar-refractivity contribution in [1.82, 2.24) is 9.78 Å². The van der Waals surface area contributed by atoms with Gasteiger partial charge in [-0.2, -0.15) is 5.10 Å². The Balaban J connectivity index is 2.17. The van der Waals surface area contributed by atoms with Crippen LogP contribution in [0.15, 0.2) is 36.7 Å². The van der Waals surface area contributed by atoms with Crippen LogP contribution in [0.2, 0.25) is 0 Å². The molecule has 0 aliphatic heterocycles. The first-order valence-corrected chi connectivity index (χ1v) is 5.12. The summed E-state index contributed by atoms with van der Waals surface area (Å²) in [6, 6.07) is 5.00. The van der Waals surface area contributed by atoms with Gasteiger partial charge in [-0.1, -0.05) is 0 Å². The Hall–Kier alpha value is -2.00. The molecule has 2 aromatic rings. The average molecular weight is 272 g/mol. The largest absolute Gasteiger partial charge is 0.573 e. The van der Waals surface area contributed by atoms with Gasteiger partial charge in [0.05, 0.1) is 5.69 Å². The van der Waals surface area contributed by atoms with Gasteiger partial charge in [0.1, 0.15) is 5.75 Å². The highest BCUT2D eigenvalue weighted by atomic mass is 19.4. The van der Waals surface area contributed by atoms with Crippen LogP contribution in [0, 0.1) is 0 Å². The molecular formula is C10H8BF3N2O3. The van der Waals surface area contributed by atoms with Crippen molar-refractivity contribution in [2.24, 2.45) is 0 Å². The SMILES string of the molecule is OB(O)c1cnn(-c2ccc(OC(F)(F)F)cc2)c1. The lowest BCUT2D eigenvalue weighted by Crippen LogP contribution is -2.28. The summed E-state index contributed by atoms with van der Waals surface area (Å²) in [5.74, 6) is -0.342. The number of rotatable bonds is 3. The topological polar surface area (TPSA) is 67.5 Å². The van der Waals surface area contributed by atoms with Crippen molar-refractivity contribution in [3.8, 4) is 11.4 Å². The van der Waals surface area contributed by atoms with Gasteiger partial charge in [-0.25, -0.2) is 4.68 Å². The van der Waals surface area contributed by atoms with Crippen LogP contribution in [-0.4, -0.2) is 33.3 Å². The second-order valence-electron chi connectivity index (χ2n) is 3.63. The van der Waals surface area contributed by atoms with Gasteiger partial charge in [0, 0.05) is 17.9 Å². The number of halogens is 3. The fourth-order valence-corrected chi connectivity index (χ4v) is 1.41. The number of ether oxygens (including phenoxy) is 1. The van der Waals surface area contributed by atoms with Gasteiger partial charge in [-0.05, 0) is 24.3 Å². The Labute approximate surface area is 106 Å². The lowest BCUT2D eigenvalue weighted by atomic mass is 9.83. The van der Waals surface area contributed by atoms with Crippen molar-refractivity contribution in [3.05, 3.63) is 36.7 Å². The third-order valence-corrected chi connectivity index (χ3v) is 2.24. The fourth-order valence-electron chi connectivity index (χ4n) is 1.41. The molecule has 0 atom stereocenters. The lowest BCUT2D eigenvalue weighted by molar-refractivity contribution is -0.274. The number of hydrogen-bond donors (Lipinski definition) is 2. The van der Waals surface area contributed by atoms with Crippen LogP contribution in [0.3, 0.4) is 0 Å². The summed E-state index contributed by atoms with van der Waals surface area (Å²) in [6.45, 7) is 0. The highest BCUT2D eigenvalue weighted by Crippen LogP contribution is 2.23. The Morgan fingerprint density at radius 3 is 2.26 bits per heavy atom. The van der Waals surface area contributed by atoms with E-state index in [1.165, 1.54) is 29.2 Å². The first-order chi connectivity index (χ1) is 8.85. The smallest absolute Gasteiger partial charge is 0.423 e. The molecule has 2 rings (SSSR count). The van der Waals surface area contributed by atoms with E-state index < -0.39 is 13.5 Å². The van der Waals surface area contributed by atoms with Crippen molar-refractivity contribution >= 4 is 12.6 Å². The molecule has 19 heavy (non-hydrogen) atoms. The summed E-state index contributed by atoms with van der Waals surface area (Å²) in [6.07, 6.45) is -2.14. The first kappa shape index (κ1) is 13.4. The minimum atomic E-state index is -4.73. The van der Waals surface area contributed by atoms with E-state index in [4.69, 9.17) is 10.0 Å². The van der Waals surface area contributed by atoms with Crippen LogP contribution >= 0.6 is 0 Å². The first-order valence-electron chi connectivity index (χ1n) is 5.12. The van der Waals surface area contributed by atoms with Crippen LogP contribution in [0.25, 0.3) is 5.69 Å². The molecule has 0 saturated heterocycles. The van der Waals surface area contributed by atoms with Crippen molar-refractivity contribution in [1.29, 1.82) is 0 Å². The molecule has 0 fully saturated rings. The third kappa shape index (κ3) is 3.49. The number of aromatic nitrogens is 2. The highest BCUT2D eigenvalue weighted by molar-refractivity contribution is 6.58. The molecule has 0 saturated carbocycles. The number of alkyl halides is 3. The maximum atomic E-state index is 12.0. The maximum absolute atomic E-state index is 12.0. The van der Waals surface area contributed by atoms with E-state index in [9.17, 15) is 13.2 Å². The van der Waals surface area contributed by atoms with E-state index in [0.717, 1.165) is 12.1 Å². The Morgan fingerprint density at radius 1 is 1.16 bits per heavy atom. The molecule has 1 heterocycles. The maximum Gasteiger partial charge on any atom is 0.573 e. The van der Waals surface area contributed by atoms with Crippen molar-refractivity contribution in [2.45, 2.75) is 6.36 Å². The standard InChI is InChI=1S/C10H8BF3N2O3/c12-10(13,14)19-9-3-1-8(2-4-9)16-6-7(5-15-16)11(17)18/h1-6,17-18H. The van der Waals surface area contributed by atoms with Crippen molar-refractivity contribution < 1.29 is 28.0 Å². The summed E-state index contributed by atoms with van der Waals surface area (Å²) in [7, 11) is -1.65. The number of benzene rings is 1. The molecule has 0 radical (unpaired) electrons. The summed E-state index contributed by atoms with van der Waals surface area (Å²) in [5, 5.41) is 21.7. The van der Waals surface area contributed by atoms with Gasteiger partial charge in [0.2, 0.25) is 0 Å². The number of hydrogen-bond acceptors (Lipinski definition) is 4. The highest BCUT2D eigenvalue weighted by Gasteiger charge is 2.30. The van der Waals surface area contributed by atoms with Gasteiger partial charge in [-0.15, -0.1) is 13.2 Å². The minimum Gasteiger partial charge on any atom is -0.423 e. The zero-order valence-electron chi connectivity index (χ0n) is 9.37. The predicted octanol–water partition coefficient (Wildman–Crippen LogP) is 0.451. The monoisotopic (exact) mass is 272 g/mol. The zero-order chi connectivity index (χ0) is 14.0. The second kappa shape index (κ2) is 4.94. The summed E-state index contributed by atoms with van der Waals surface area (Å²) in [4.78, 5) is 0. The van der Waals surface area contributed by atoms with E-state index in [-0.39, 0.29) is 11.2 Å². The average Bonchev–Trinajstić information content (AvgIpc) is 2.77. The molecule has 1 aromatic heterocycles. The van der Waals surface area contributed by atoms with Gasteiger partial charge in [-0.3, -0.25) is 0 Å². The molecular weight excluding hydrogens is 264 g/mol. The van der Waals surface area contributed by atoms with Gasteiger partial charge in [0.25, 0.3) is 0 Å². The Bertz CT molecular complexity index is 554. The van der Waals surface area contributed by atoms with Gasteiger partial charge < -0.3 is 14.8 Å². The normalized spacial score (nSPS) is 11.4. The Kier molecular flexibility index (Phi) is 3.49. The Morgan fingerprint density at radius 2 is 1.79 bits per heavy atom. The second-order valence-corrected chi connectivity index (χ2v) is 3.63. The van der Waals surface area contributed by atoms with Crippen LogP contribution in [0.1, 0.15) is 0 Å². The molecule has 2 N–H and O–H groups in total. The molecule has 100 valence electrons. The zero-order valence-corrected chi connectivity index (χ0v) is 9.37.